The third-order valence-electron chi connectivity index (χ3n) is 5.19. The molecule has 0 unspecified atom stereocenters. The number of thioether (sulfide) groups is 1. The minimum Gasteiger partial charge on any atom is -0.349 e. The predicted molar refractivity (Wildman–Crippen MR) is 126 cm³/mol. The maximum atomic E-state index is 12.5. The molecule has 0 saturated heterocycles. The Morgan fingerprint density at radius 3 is 2.74 bits per heavy atom. The number of hydrogen-bond donors (Lipinski definition) is 2. The molecule has 2 heterocycles. The number of carbonyl (C=O) groups excluding carboxylic acids is 2. The number of hydrogen-bond acceptors (Lipinski definition) is 6. The molecule has 0 fully saturated rings. The Morgan fingerprint density at radius 1 is 1.23 bits per heavy atom. The first-order chi connectivity index (χ1) is 14.9. The number of carbonyl (C=O) groups is 2. The highest BCUT2D eigenvalue weighted by Gasteiger charge is 2.21. The summed E-state index contributed by atoms with van der Waals surface area (Å²) in [7, 11) is 3.45. The van der Waals surface area contributed by atoms with Crippen molar-refractivity contribution in [3.05, 3.63) is 56.4 Å². The van der Waals surface area contributed by atoms with Crippen LogP contribution in [0.15, 0.2) is 29.1 Å². The molecule has 2 N–H and O–H groups in total. The molecular weight excluding hydrogens is 432 g/mol. The van der Waals surface area contributed by atoms with Gasteiger partial charge in [0.2, 0.25) is 11.8 Å². The van der Waals surface area contributed by atoms with E-state index in [1.54, 1.807) is 42.5 Å². The van der Waals surface area contributed by atoms with Crippen LogP contribution in [0.25, 0.3) is 10.2 Å². The van der Waals surface area contributed by atoms with Crippen LogP contribution < -0.4 is 10.9 Å². The molecule has 1 aliphatic rings. The summed E-state index contributed by atoms with van der Waals surface area (Å²) in [5.41, 5.74) is 2.69. The summed E-state index contributed by atoms with van der Waals surface area (Å²) >= 11 is 3.03. The Kier molecular flexibility index (Phi) is 6.43. The number of nitrogens with one attached hydrogen (secondary N) is 2. The number of nitrogens with zero attached hydrogens (tertiary/aromatic N) is 2. The van der Waals surface area contributed by atoms with Gasteiger partial charge >= 0.3 is 0 Å². The first-order valence-corrected chi connectivity index (χ1v) is 12.1. The van der Waals surface area contributed by atoms with Crippen molar-refractivity contribution >= 4 is 50.8 Å². The lowest BCUT2D eigenvalue weighted by molar-refractivity contribution is -0.128. The van der Waals surface area contributed by atoms with Crippen LogP contribution in [0, 0.1) is 0 Å². The zero-order chi connectivity index (χ0) is 22.0. The number of likely N-dealkylation sites (N-methyl/N-ethyl adjacent to an activating group) is 1. The number of thiophene rings is 1. The average Bonchev–Trinajstić information content (AvgIpc) is 3.30. The van der Waals surface area contributed by atoms with Crippen molar-refractivity contribution < 1.29 is 9.59 Å². The Balaban J connectivity index is 1.29. The van der Waals surface area contributed by atoms with Gasteiger partial charge in [-0.05, 0) is 42.5 Å². The minimum absolute atomic E-state index is 0.0326. The molecule has 7 nitrogen and oxygen atoms in total. The highest BCUT2D eigenvalue weighted by molar-refractivity contribution is 7.99. The van der Waals surface area contributed by atoms with Gasteiger partial charge in [0.25, 0.3) is 5.56 Å². The van der Waals surface area contributed by atoms with E-state index in [0.717, 1.165) is 35.0 Å². The first kappa shape index (κ1) is 21.6. The second-order valence-corrected chi connectivity index (χ2v) is 9.82. The Morgan fingerprint density at radius 2 is 2.00 bits per heavy atom. The maximum absolute atomic E-state index is 12.5. The van der Waals surface area contributed by atoms with Crippen LogP contribution in [0.4, 0.5) is 5.69 Å². The second kappa shape index (κ2) is 9.23. The number of H-pyrrole nitrogens is 1. The summed E-state index contributed by atoms with van der Waals surface area (Å²) in [5, 5.41) is 3.60. The normalized spacial score (nSPS) is 12.7. The van der Waals surface area contributed by atoms with Crippen LogP contribution in [-0.4, -0.2) is 46.5 Å². The molecule has 0 bridgehead atoms. The molecule has 0 aliphatic heterocycles. The van der Waals surface area contributed by atoms with Crippen LogP contribution in [0.3, 0.4) is 0 Å². The number of anilines is 1. The summed E-state index contributed by atoms with van der Waals surface area (Å²) in [5.74, 6) is 1.23. The Labute approximate surface area is 188 Å². The monoisotopic (exact) mass is 456 g/mol. The van der Waals surface area contributed by atoms with Crippen LogP contribution >= 0.6 is 23.1 Å². The van der Waals surface area contributed by atoms with E-state index >= 15 is 0 Å². The molecule has 1 aliphatic carbocycles. The SMILES string of the molecule is CN(C)C(=O)Cc1ccc(NC(=O)CSCc2nc3sc4c(c3c(=O)[nH]2)CCC4)cc1. The fraction of sp³-hybridized carbons (Fsp3) is 0.364. The summed E-state index contributed by atoms with van der Waals surface area (Å²) in [4.78, 5) is 47.6. The number of rotatable bonds is 7. The van der Waals surface area contributed by atoms with Gasteiger partial charge < -0.3 is 15.2 Å². The highest BCUT2D eigenvalue weighted by Crippen LogP contribution is 2.34. The topological polar surface area (TPSA) is 95.2 Å². The number of aromatic nitrogens is 2. The molecule has 0 saturated carbocycles. The molecule has 3 aromatic rings. The van der Waals surface area contributed by atoms with Crippen molar-refractivity contribution in [1.82, 2.24) is 14.9 Å². The van der Waals surface area contributed by atoms with Gasteiger partial charge in [0.1, 0.15) is 10.7 Å². The van der Waals surface area contributed by atoms with E-state index in [2.05, 4.69) is 15.3 Å². The second-order valence-electron chi connectivity index (χ2n) is 7.75. The van der Waals surface area contributed by atoms with E-state index in [1.165, 1.54) is 22.2 Å². The van der Waals surface area contributed by atoms with Crippen molar-refractivity contribution in [3.8, 4) is 0 Å². The summed E-state index contributed by atoms with van der Waals surface area (Å²) < 4.78 is 0. The molecule has 31 heavy (non-hydrogen) atoms. The third kappa shape index (κ3) is 4.99. The van der Waals surface area contributed by atoms with Crippen molar-refractivity contribution in [3.63, 3.8) is 0 Å². The molecular formula is C22H24N4O3S2. The van der Waals surface area contributed by atoms with E-state index in [0.29, 0.717) is 23.7 Å². The molecule has 0 spiro atoms. The van der Waals surface area contributed by atoms with Crippen molar-refractivity contribution in [1.29, 1.82) is 0 Å². The van der Waals surface area contributed by atoms with Crippen LogP contribution in [-0.2, 0) is 34.6 Å². The first-order valence-electron chi connectivity index (χ1n) is 10.1. The van der Waals surface area contributed by atoms with Gasteiger partial charge in [0.05, 0.1) is 23.3 Å². The smallest absolute Gasteiger partial charge is 0.259 e. The van der Waals surface area contributed by atoms with Gasteiger partial charge in [-0.15, -0.1) is 23.1 Å². The molecule has 4 rings (SSSR count). The minimum atomic E-state index is -0.124. The van der Waals surface area contributed by atoms with E-state index in [4.69, 9.17) is 0 Å². The lowest BCUT2D eigenvalue weighted by Crippen LogP contribution is -2.23. The molecule has 9 heteroatoms. The zero-order valence-electron chi connectivity index (χ0n) is 17.5. The number of amides is 2. The van der Waals surface area contributed by atoms with Crippen LogP contribution in [0.2, 0.25) is 0 Å². The summed E-state index contributed by atoms with van der Waals surface area (Å²) in [6.45, 7) is 0. The van der Waals surface area contributed by atoms with Crippen molar-refractivity contribution in [2.24, 2.45) is 0 Å². The van der Waals surface area contributed by atoms with Crippen LogP contribution in [0.1, 0.15) is 28.2 Å². The average molecular weight is 457 g/mol. The lowest BCUT2D eigenvalue weighted by Gasteiger charge is -2.10. The summed E-state index contributed by atoms with van der Waals surface area (Å²) in [6.07, 6.45) is 3.44. The highest BCUT2D eigenvalue weighted by atomic mass is 32.2. The zero-order valence-corrected chi connectivity index (χ0v) is 19.1. The fourth-order valence-electron chi connectivity index (χ4n) is 3.59. The van der Waals surface area contributed by atoms with E-state index in [1.807, 2.05) is 12.1 Å². The van der Waals surface area contributed by atoms with Crippen LogP contribution in [0.5, 0.6) is 0 Å². The number of benzene rings is 1. The van der Waals surface area contributed by atoms with Gasteiger partial charge in [-0.25, -0.2) is 4.98 Å². The predicted octanol–water partition coefficient (Wildman–Crippen LogP) is 2.98. The van der Waals surface area contributed by atoms with E-state index in [9.17, 15) is 14.4 Å². The fourth-order valence-corrected chi connectivity index (χ4v) is 5.56. The van der Waals surface area contributed by atoms with Gasteiger partial charge in [-0.3, -0.25) is 14.4 Å². The summed E-state index contributed by atoms with van der Waals surface area (Å²) in [6, 6.07) is 7.27. The van der Waals surface area contributed by atoms with Gasteiger partial charge in [-0.1, -0.05) is 12.1 Å². The van der Waals surface area contributed by atoms with Gasteiger partial charge in [-0.2, -0.15) is 0 Å². The molecule has 2 aromatic heterocycles. The largest absolute Gasteiger partial charge is 0.349 e. The van der Waals surface area contributed by atoms with E-state index < -0.39 is 0 Å². The standard InChI is InChI=1S/C22H24N4O3S2/c1-26(2)19(28)10-13-6-8-14(9-7-13)23-18(27)12-30-11-17-24-21(29)20-15-4-3-5-16(15)31-22(20)25-17/h6-9H,3-5,10-12H2,1-2H3,(H,23,27)(H,24,25,29). The Bertz CT molecular complexity index is 1180. The molecule has 2 amide bonds. The number of aromatic amines is 1. The van der Waals surface area contributed by atoms with Gasteiger partial charge in [0.15, 0.2) is 0 Å². The molecule has 162 valence electrons. The van der Waals surface area contributed by atoms with Gasteiger partial charge in [0, 0.05) is 24.7 Å². The molecule has 0 radical (unpaired) electrons. The number of aryl methyl sites for hydroxylation is 2. The van der Waals surface area contributed by atoms with E-state index in [-0.39, 0.29) is 23.1 Å². The molecule has 1 aromatic carbocycles. The quantitative estimate of drug-likeness (QED) is 0.570. The Hall–Kier alpha value is -2.65. The lowest BCUT2D eigenvalue weighted by atomic mass is 10.1. The molecule has 0 atom stereocenters. The third-order valence-corrected chi connectivity index (χ3v) is 7.32. The van der Waals surface area contributed by atoms with Crippen molar-refractivity contribution in [2.45, 2.75) is 31.4 Å². The number of fused-ring (bicyclic) bond motifs is 3. The maximum Gasteiger partial charge on any atom is 0.259 e. The van der Waals surface area contributed by atoms with Crippen molar-refractivity contribution in [2.75, 3.05) is 25.2 Å².